The zero-order chi connectivity index (χ0) is 11.2. The van der Waals surface area contributed by atoms with Gasteiger partial charge in [-0.2, -0.15) is 13.2 Å². The average Bonchev–Trinajstić information content (AvgIpc) is 2.01. The molecule has 0 aromatic heterocycles. The fraction of sp³-hybridized carbons (Fsp3) is 1.00. The Bertz CT molecular complexity index is 147. The van der Waals surface area contributed by atoms with Gasteiger partial charge >= 0.3 is 6.18 Å². The van der Waals surface area contributed by atoms with Gasteiger partial charge < -0.3 is 4.74 Å². The first-order valence-corrected chi connectivity index (χ1v) is 5.53. The highest BCUT2D eigenvalue weighted by molar-refractivity contribution is 9.09. The second kappa shape index (κ2) is 6.67. The summed E-state index contributed by atoms with van der Waals surface area (Å²) in [7, 11) is 0. The summed E-state index contributed by atoms with van der Waals surface area (Å²) in [6, 6.07) is 0. The quantitative estimate of drug-likeness (QED) is 0.530. The Morgan fingerprint density at radius 2 is 1.86 bits per heavy atom. The van der Waals surface area contributed by atoms with E-state index >= 15 is 0 Å². The molecular formula is C9H16BrF3O. The minimum Gasteiger partial charge on any atom is -0.372 e. The Kier molecular flexibility index (Phi) is 6.78. The summed E-state index contributed by atoms with van der Waals surface area (Å²) in [4.78, 5) is 0.358. The van der Waals surface area contributed by atoms with Gasteiger partial charge in [-0.15, -0.1) is 0 Å². The van der Waals surface area contributed by atoms with Gasteiger partial charge in [0.1, 0.15) is 6.61 Å². The number of halogens is 4. The van der Waals surface area contributed by atoms with Gasteiger partial charge in [-0.3, -0.25) is 0 Å². The average molecular weight is 277 g/mol. The zero-order valence-corrected chi connectivity index (χ0v) is 9.99. The monoisotopic (exact) mass is 276 g/mol. The van der Waals surface area contributed by atoms with Crippen LogP contribution in [0.5, 0.6) is 0 Å². The number of ether oxygens (including phenoxy) is 1. The van der Waals surface area contributed by atoms with Crippen LogP contribution in [0.15, 0.2) is 0 Å². The molecule has 0 aromatic rings. The number of alkyl halides is 4. The van der Waals surface area contributed by atoms with Crippen LogP contribution in [0.3, 0.4) is 0 Å². The molecule has 5 heteroatoms. The third-order valence-electron chi connectivity index (χ3n) is 1.76. The number of rotatable bonds is 6. The van der Waals surface area contributed by atoms with Crippen molar-refractivity contribution >= 4 is 15.9 Å². The second-order valence-electron chi connectivity index (χ2n) is 3.57. The van der Waals surface area contributed by atoms with Crippen LogP contribution in [-0.4, -0.2) is 24.2 Å². The molecule has 0 heterocycles. The van der Waals surface area contributed by atoms with Crippen LogP contribution in [0.25, 0.3) is 0 Å². The molecule has 0 aliphatic rings. The number of hydrogen-bond acceptors (Lipinski definition) is 1. The van der Waals surface area contributed by atoms with Crippen LogP contribution in [-0.2, 0) is 4.74 Å². The molecule has 1 nitrogen and oxygen atoms in total. The molecule has 14 heavy (non-hydrogen) atoms. The summed E-state index contributed by atoms with van der Waals surface area (Å²) in [6.45, 7) is 3.17. The van der Waals surface area contributed by atoms with Crippen molar-refractivity contribution in [3.05, 3.63) is 0 Å². The Balaban J connectivity index is 3.30. The SMILES string of the molecule is CC(C)C(Br)CCCOCC(F)(F)F. The molecule has 0 spiro atoms. The summed E-state index contributed by atoms with van der Waals surface area (Å²) >= 11 is 3.46. The Hall–Kier alpha value is 0.230. The lowest BCUT2D eigenvalue weighted by atomic mass is 10.1. The zero-order valence-electron chi connectivity index (χ0n) is 8.40. The van der Waals surface area contributed by atoms with E-state index in [-0.39, 0.29) is 6.61 Å². The first-order valence-electron chi connectivity index (χ1n) is 4.61. The van der Waals surface area contributed by atoms with Crippen molar-refractivity contribution in [3.63, 3.8) is 0 Å². The third kappa shape index (κ3) is 8.81. The summed E-state index contributed by atoms with van der Waals surface area (Å²) < 4.78 is 39.4. The molecular weight excluding hydrogens is 261 g/mol. The van der Waals surface area contributed by atoms with Gasteiger partial charge in [-0.1, -0.05) is 29.8 Å². The summed E-state index contributed by atoms with van der Waals surface area (Å²) in [5.41, 5.74) is 0. The minimum atomic E-state index is -4.20. The van der Waals surface area contributed by atoms with Crippen LogP contribution >= 0.6 is 15.9 Å². The summed E-state index contributed by atoms with van der Waals surface area (Å²) in [6.07, 6.45) is -2.70. The lowest BCUT2D eigenvalue weighted by Gasteiger charge is -2.13. The second-order valence-corrected chi connectivity index (χ2v) is 4.75. The van der Waals surface area contributed by atoms with E-state index in [9.17, 15) is 13.2 Å². The molecule has 0 saturated heterocycles. The van der Waals surface area contributed by atoms with Gasteiger partial charge in [0.15, 0.2) is 0 Å². The number of hydrogen-bond donors (Lipinski definition) is 0. The van der Waals surface area contributed by atoms with E-state index in [1.165, 1.54) is 0 Å². The normalized spacial score (nSPS) is 14.8. The molecule has 86 valence electrons. The van der Waals surface area contributed by atoms with E-state index in [0.717, 1.165) is 6.42 Å². The minimum absolute atomic E-state index is 0.175. The molecule has 0 aliphatic heterocycles. The first-order chi connectivity index (χ1) is 6.33. The van der Waals surface area contributed by atoms with Crippen molar-refractivity contribution in [2.45, 2.75) is 37.7 Å². The van der Waals surface area contributed by atoms with Gasteiger partial charge in [0.25, 0.3) is 0 Å². The molecule has 0 bridgehead atoms. The largest absolute Gasteiger partial charge is 0.411 e. The molecule has 0 N–H and O–H groups in total. The van der Waals surface area contributed by atoms with Crippen molar-refractivity contribution in [2.75, 3.05) is 13.2 Å². The predicted octanol–water partition coefficient (Wildman–Crippen LogP) is 3.77. The van der Waals surface area contributed by atoms with Gasteiger partial charge in [-0.05, 0) is 18.8 Å². The summed E-state index contributed by atoms with van der Waals surface area (Å²) in [5.74, 6) is 0.498. The highest BCUT2D eigenvalue weighted by atomic mass is 79.9. The van der Waals surface area contributed by atoms with Gasteiger partial charge in [0.05, 0.1) is 0 Å². The fourth-order valence-electron chi connectivity index (χ4n) is 0.902. The van der Waals surface area contributed by atoms with E-state index in [2.05, 4.69) is 34.5 Å². The Morgan fingerprint density at radius 1 is 1.29 bits per heavy atom. The molecule has 0 aliphatic carbocycles. The maximum atomic E-state index is 11.6. The van der Waals surface area contributed by atoms with E-state index in [4.69, 9.17) is 0 Å². The molecule has 0 aromatic carbocycles. The van der Waals surface area contributed by atoms with Crippen LogP contribution in [0.2, 0.25) is 0 Å². The summed E-state index contributed by atoms with van der Waals surface area (Å²) in [5, 5.41) is 0. The van der Waals surface area contributed by atoms with E-state index in [1.807, 2.05) is 0 Å². The van der Waals surface area contributed by atoms with E-state index < -0.39 is 12.8 Å². The topological polar surface area (TPSA) is 9.23 Å². The van der Waals surface area contributed by atoms with Crippen LogP contribution in [0, 0.1) is 5.92 Å². The molecule has 0 saturated carbocycles. The molecule has 0 amide bonds. The fourth-order valence-corrected chi connectivity index (χ4v) is 1.23. The van der Waals surface area contributed by atoms with Crippen molar-refractivity contribution in [1.82, 2.24) is 0 Å². The highest BCUT2D eigenvalue weighted by Gasteiger charge is 2.27. The lowest BCUT2D eigenvalue weighted by molar-refractivity contribution is -0.174. The first kappa shape index (κ1) is 14.2. The molecule has 0 radical (unpaired) electrons. The standard InChI is InChI=1S/C9H16BrF3O/c1-7(2)8(10)4-3-5-14-6-9(11,12)13/h7-8H,3-6H2,1-2H3. The van der Waals surface area contributed by atoms with Crippen LogP contribution in [0.1, 0.15) is 26.7 Å². The maximum Gasteiger partial charge on any atom is 0.411 e. The smallest absolute Gasteiger partial charge is 0.372 e. The van der Waals surface area contributed by atoms with E-state index in [0.29, 0.717) is 17.2 Å². The Morgan fingerprint density at radius 3 is 2.29 bits per heavy atom. The van der Waals surface area contributed by atoms with Gasteiger partial charge in [0, 0.05) is 11.4 Å². The predicted molar refractivity (Wildman–Crippen MR) is 53.7 cm³/mol. The van der Waals surface area contributed by atoms with Crippen molar-refractivity contribution in [3.8, 4) is 0 Å². The lowest BCUT2D eigenvalue weighted by Crippen LogP contribution is -2.18. The van der Waals surface area contributed by atoms with Crippen LogP contribution < -0.4 is 0 Å². The van der Waals surface area contributed by atoms with Crippen molar-refractivity contribution in [2.24, 2.45) is 5.92 Å². The van der Waals surface area contributed by atoms with Crippen molar-refractivity contribution in [1.29, 1.82) is 0 Å². The van der Waals surface area contributed by atoms with E-state index in [1.54, 1.807) is 0 Å². The molecule has 0 fully saturated rings. The van der Waals surface area contributed by atoms with Crippen molar-refractivity contribution < 1.29 is 17.9 Å². The van der Waals surface area contributed by atoms with Gasteiger partial charge in [-0.25, -0.2) is 0 Å². The molecule has 1 atom stereocenters. The maximum absolute atomic E-state index is 11.6. The highest BCUT2D eigenvalue weighted by Crippen LogP contribution is 2.18. The molecule has 0 rings (SSSR count). The Labute approximate surface area is 91.1 Å². The third-order valence-corrected chi connectivity index (χ3v) is 3.27. The van der Waals surface area contributed by atoms with Crippen LogP contribution in [0.4, 0.5) is 13.2 Å². The molecule has 1 unspecified atom stereocenters. The van der Waals surface area contributed by atoms with Gasteiger partial charge in [0.2, 0.25) is 0 Å².